The van der Waals surface area contributed by atoms with Gasteiger partial charge in [0.15, 0.2) is 0 Å². The van der Waals surface area contributed by atoms with Crippen LogP contribution in [-0.4, -0.2) is 23.8 Å². The van der Waals surface area contributed by atoms with Gasteiger partial charge in [0.05, 0.1) is 0 Å². The Hall–Kier alpha value is -1.38. The molecule has 3 heteroatoms. The molecule has 1 saturated heterocycles. The van der Waals surface area contributed by atoms with Gasteiger partial charge in [0, 0.05) is 18.2 Å². The van der Waals surface area contributed by atoms with Crippen molar-refractivity contribution in [2.24, 2.45) is 0 Å². The fourth-order valence-corrected chi connectivity index (χ4v) is 1.53. The lowest BCUT2D eigenvalue weighted by atomic mass is 10.0. The molecule has 0 aromatic carbocycles. The molecule has 0 spiro atoms. The van der Waals surface area contributed by atoms with Gasteiger partial charge in [-0.25, -0.2) is 0 Å². The monoisotopic (exact) mass is 193 g/mol. The Morgan fingerprint density at radius 2 is 1.36 bits per heavy atom. The van der Waals surface area contributed by atoms with Crippen molar-refractivity contribution >= 4 is 11.8 Å². The Morgan fingerprint density at radius 1 is 1.00 bits per heavy atom. The van der Waals surface area contributed by atoms with E-state index < -0.39 is 0 Å². The van der Waals surface area contributed by atoms with Gasteiger partial charge in [-0.1, -0.05) is 26.0 Å². The van der Waals surface area contributed by atoms with Gasteiger partial charge in [0.25, 0.3) is 11.8 Å². The second-order valence-corrected chi connectivity index (χ2v) is 2.98. The molecule has 2 rings (SSSR count). The molecule has 0 unspecified atom stereocenters. The largest absolute Gasteiger partial charge is 0.277 e. The molecule has 1 heterocycles. The maximum absolute atomic E-state index is 11.3. The molecule has 3 nitrogen and oxygen atoms in total. The number of carbonyl (C=O) groups excluding carboxylic acids is 2. The number of fused-ring (bicyclic) bond motifs is 1. The molecule has 14 heavy (non-hydrogen) atoms. The maximum atomic E-state index is 11.3. The second kappa shape index (κ2) is 4.22. The highest BCUT2D eigenvalue weighted by Crippen LogP contribution is 2.27. The van der Waals surface area contributed by atoms with Crippen LogP contribution in [0.4, 0.5) is 0 Å². The van der Waals surface area contributed by atoms with E-state index in [0.717, 1.165) is 12.8 Å². The van der Waals surface area contributed by atoms with E-state index in [0.29, 0.717) is 11.1 Å². The van der Waals surface area contributed by atoms with Crippen molar-refractivity contribution in [2.75, 3.05) is 7.05 Å². The molecular formula is C11H15NO2. The Morgan fingerprint density at radius 3 is 1.71 bits per heavy atom. The fourth-order valence-electron chi connectivity index (χ4n) is 1.53. The van der Waals surface area contributed by atoms with Crippen LogP contribution in [0.15, 0.2) is 23.3 Å². The molecule has 1 fully saturated rings. The van der Waals surface area contributed by atoms with E-state index >= 15 is 0 Å². The quantitative estimate of drug-likeness (QED) is 0.549. The van der Waals surface area contributed by atoms with Crippen LogP contribution in [0, 0.1) is 0 Å². The topological polar surface area (TPSA) is 37.4 Å². The van der Waals surface area contributed by atoms with Crippen LogP contribution in [0.5, 0.6) is 0 Å². The van der Waals surface area contributed by atoms with Crippen molar-refractivity contribution in [1.82, 2.24) is 4.90 Å². The third-order valence-corrected chi connectivity index (χ3v) is 2.22. The SMILES string of the molecule is CC.CN1C(=O)C2=CCCC=C2C1=O. The molecule has 0 saturated carbocycles. The summed E-state index contributed by atoms with van der Waals surface area (Å²) in [6, 6.07) is 0. The summed E-state index contributed by atoms with van der Waals surface area (Å²) in [4.78, 5) is 23.9. The second-order valence-electron chi connectivity index (χ2n) is 2.98. The lowest BCUT2D eigenvalue weighted by Gasteiger charge is -2.01. The van der Waals surface area contributed by atoms with Crippen molar-refractivity contribution in [3.8, 4) is 0 Å². The van der Waals surface area contributed by atoms with Crippen LogP contribution in [0.2, 0.25) is 0 Å². The lowest BCUT2D eigenvalue weighted by Crippen LogP contribution is -2.24. The summed E-state index contributed by atoms with van der Waals surface area (Å²) in [5.41, 5.74) is 1.18. The Balaban J connectivity index is 0.000000461. The lowest BCUT2D eigenvalue weighted by molar-refractivity contribution is -0.134. The Bertz CT molecular complexity index is 294. The van der Waals surface area contributed by atoms with Crippen LogP contribution in [0.3, 0.4) is 0 Å². The summed E-state index contributed by atoms with van der Waals surface area (Å²) in [6.07, 6.45) is 5.43. The summed E-state index contributed by atoms with van der Waals surface area (Å²) >= 11 is 0. The Kier molecular flexibility index (Phi) is 3.23. The summed E-state index contributed by atoms with van der Waals surface area (Å²) in [5.74, 6) is -0.322. The first-order valence-electron chi connectivity index (χ1n) is 4.95. The van der Waals surface area contributed by atoms with E-state index in [1.54, 1.807) is 0 Å². The molecule has 0 aromatic rings. The highest BCUT2D eigenvalue weighted by atomic mass is 16.2. The number of carbonyl (C=O) groups is 2. The molecule has 2 amide bonds. The number of rotatable bonds is 0. The van der Waals surface area contributed by atoms with E-state index in [2.05, 4.69) is 0 Å². The van der Waals surface area contributed by atoms with Gasteiger partial charge < -0.3 is 0 Å². The zero-order valence-electron chi connectivity index (χ0n) is 8.83. The van der Waals surface area contributed by atoms with E-state index in [4.69, 9.17) is 0 Å². The number of hydrogen-bond acceptors (Lipinski definition) is 2. The third-order valence-electron chi connectivity index (χ3n) is 2.22. The molecule has 0 aromatic heterocycles. The molecule has 0 N–H and O–H groups in total. The first-order valence-corrected chi connectivity index (χ1v) is 4.95. The van der Waals surface area contributed by atoms with Crippen LogP contribution < -0.4 is 0 Å². The van der Waals surface area contributed by atoms with Gasteiger partial charge in [-0.3, -0.25) is 14.5 Å². The van der Waals surface area contributed by atoms with E-state index in [9.17, 15) is 9.59 Å². The fraction of sp³-hybridized carbons (Fsp3) is 0.455. The van der Waals surface area contributed by atoms with E-state index in [1.807, 2.05) is 26.0 Å². The average molecular weight is 193 g/mol. The highest BCUT2D eigenvalue weighted by molar-refractivity contribution is 6.24. The van der Waals surface area contributed by atoms with Gasteiger partial charge in [0.1, 0.15) is 0 Å². The molecular weight excluding hydrogens is 178 g/mol. The number of likely N-dealkylation sites (N-methyl/N-ethyl adjacent to an activating group) is 1. The van der Waals surface area contributed by atoms with Crippen LogP contribution in [0.1, 0.15) is 26.7 Å². The molecule has 0 radical (unpaired) electrons. The zero-order chi connectivity index (χ0) is 10.7. The molecule has 1 aliphatic carbocycles. The number of nitrogens with zero attached hydrogens (tertiary/aromatic N) is 1. The van der Waals surface area contributed by atoms with Crippen LogP contribution >= 0.6 is 0 Å². The Labute approximate surface area is 84.1 Å². The van der Waals surface area contributed by atoms with Crippen molar-refractivity contribution in [2.45, 2.75) is 26.7 Å². The van der Waals surface area contributed by atoms with Gasteiger partial charge >= 0.3 is 0 Å². The third kappa shape index (κ3) is 1.50. The summed E-state index contributed by atoms with van der Waals surface area (Å²) in [7, 11) is 1.52. The smallest absolute Gasteiger partial charge is 0.260 e. The maximum Gasteiger partial charge on any atom is 0.260 e. The normalized spacial score (nSPS) is 19.5. The number of likely N-dealkylation sites (tertiary alicyclic amines) is 1. The number of imide groups is 1. The van der Waals surface area contributed by atoms with Gasteiger partial charge in [-0.15, -0.1) is 0 Å². The van der Waals surface area contributed by atoms with Crippen LogP contribution in [0.25, 0.3) is 0 Å². The summed E-state index contributed by atoms with van der Waals surface area (Å²) in [6.45, 7) is 4.00. The van der Waals surface area contributed by atoms with Gasteiger partial charge in [-0.05, 0) is 12.8 Å². The molecule has 0 bridgehead atoms. The molecule has 1 aliphatic heterocycles. The van der Waals surface area contributed by atoms with Crippen LogP contribution in [-0.2, 0) is 9.59 Å². The first-order chi connectivity index (χ1) is 6.72. The van der Waals surface area contributed by atoms with Crippen molar-refractivity contribution < 1.29 is 9.59 Å². The highest BCUT2D eigenvalue weighted by Gasteiger charge is 2.36. The van der Waals surface area contributed by atoms with Crippen molar-refractivity contribution in [3.63, 3.8) is 0 Å². The predicted molar refractivity (Wildman–Crippen MR) is 54.5 cm³/mol. The van der Waals surface area contributed by atoms with Gasteiger partial charge in [-0.2, -0.15) is 0 Å². The molecule has 76 valence electrons. The van der Waals surface area contributed by atoms with Gasteiger partial charge in [0.2, 0.25) is 0 Å². The first kappa shape index (κ1) is 10.7. The summed E-state index contributed by atoms with van der Waals surface area (Å²) < 4.78 is 0. The average Bonchev–Trinajstić information content (AvgIpc) is 2.48. The molecule has 2 aliphatic rings. The van der Waals surface area contributed by atoms with E-state index in [1.165, 1.54) is 11.9 Å². The van der Waals surface area contributed by atoms with E-state index in [-0.39, 0.29) is 11.8 Å². The number of allylic oxidation sites excluding steroid dienone is 2. The number of hydrogen-bond donors (Lipinski definition) is 0. The van der Waals surface area contributed by atoms with Crippen molar-refractivity contribution in [1.29, 1.82) is 0 Å². The number of amides is 2. The predicted octanol–water partition coefficient (Wildman–Crippen LogP) is 1.66. The minimum Gasteiger partial charge on any atom is -0.277 e. The summed E-state index contributed by atoms with van der Waals surface area (Å²) in [5, 5.41) is 0. The minimum atomic E-state index is -0.161. The standard InChI is InChI=1S/C9H9NO2.C2H6/c1-10-8(11)6-4-2-3-5-7(6)9(10)12;1-2/h4-5H,2-3H2,1H3;1-2H3. The minimum absolute atomic E-state index is 0.161. The zero-order valence-corrected chi connectivity index (χ0v) is 8.83. The molecule has 0 atom stereocenters. The van der Waals surface area contributed by atoms with Crippen molar-refractivity contribution in [3.05, 3.63) is 23.3 Å².